The summed E-state index contributed by atoms with van der Waals surface area (Å²) in [5.74, 6) is -1.03. The molecule has 4 amide bonds. The number of urea groups is 1. The summed E-state index contributed by atoms with van der Waals surface area (Å²) in [6.07, 6.45) is -9.31. The minimum atomic E-state index is -5.10. The second-order valence-corrected chi connectivity index (χ2v) is 14.9. The van der Waals surface area contributed by atoms with E-state index in [4.69, 9.17) is 9.84 Å². The zero-order valence-corrected chi connectivity index (χ0v) is 30.2. The number of anilines is 1. The van der Waals surface area contributed by atoms with Crippen molar-refractivity contribution in [2.75, 3.05) is 57.7 Å². The molecule has 2 aromatic rings. The molecule has 6 rings (SSSR count). The van der Waals surface area contributed by atoms with E-state index in [0.717, 1.165) is 24.1 Å². The van der Waals surface area contributed by atoms with E-state index in [1.807, 2.05) is 29.2 Å². The zero-order valence-electron chi connectivity index (χ0n) is 30.2. The lowest BCUT2D eigenvalue weighted by atomic mass is 9.78. The molecule has 17 heteroatoms. The highest BCUT2D eigenvalue weighted by Gasteiger charge is 2.40. The predicted octanol–water partition coefficient (Wildman–Crippen LogP) is 6.36. The number of nitrogens with zero attached hydrogens (tertiary/aromatic N) is 4. The van der Waals surface area contributed by atoms with Gasteiger partial charge in [0.1, 0.15) is 0 Å². The monoisotopic (exact) mass is 781 g/mol. The van der Waals surface area contributed by atoms with Gasteiger partial charge in [0.2, 0.25) is 0 Å². The molecular weight excluding hydrogens is 736 g/mol. The number of carboxylic acid groups (broad SMARTS) is 1. The summed E-state index contributed by atoms with van der Waals surface area (Å²) in [7, 11) is 0. The van der Waals surface area contributed by atoms with E-state index in [0.29, 0.717) is 69.8 Å². The molecule has 4 aliphatic heterocycles. The van der Waals surface area contributed by atoms with Gasteiger partial charge in [0, 0.05) is 50.9 Å². The first kappa shape index (κ1) is 40.1. The number of fused-ring (bicyclic) bond motifs is 1. The van der Waals surface area contributed by atoms with Crippen LogP contribution in [0.5, 0.6) is 0 Å². The third-order valence-electron chi connectivity index (χ3n) is 11.4. The van der Waals surface area contributed by atoms with Crippen molar-refractivity contribution in [1.29, 1.82) is 0 Å². The predicted molar refractivity (Wildman–Crippen MR) is 187 cm³/mol. The van der Waals surface area contributed by atoms with Crippen LogP contribution in [0.1, 0.15) is 60.8 Å². The number of carbonyl (C=O) groups excluding carboxylic acids is 3. The highest BCUT2D eigenvalue weighted by molar-refractivity contribution is 5.91. The Bertz CT molecular complexity index is 1680. The smallest absolute Gasteiger partial charge is 0.416 e. The van der Waals surface area contributed by atoms with Crippen LogP contribution in [0.3, 0.4) is 0 Å². The number of hydrogen-bond acceptors (Lipinski definition) is 6. The van der Waals surface area contributed by atoms with Crippen molar-refractivity contribution in [3.8, 4) is 0 Å². The Balaban J connectivity index is 1.13. The number of halogens is 6. The third-order valence-corrected chi connectivity index (χ3v) is 11.4. The molecule has 0 bridgehead atoms. The van der Waals surface area contributed by atoms with Gasteiger partial charge in [0.25, 0.3) is 5.91 Å². The first-order chi connectivity index (χ1) is 26.0. The molecule has 1 unspecified atom stereocenters. The van der Waals surface area contributed by atoms with Gasteiger partial charge in [-0.3, -0.25) is 14.5 Å². The van der Waals surface area contributed by atoms with E-state index >= 15 is 0 Å². The SMILES string of the molecule is O=C(O)CN1CCC(C2CCN(C(=O)C(Cc3cc(C(F)(F)F)cc(C(F)(F)F)c3)OC(=O)N3CCC(N4CCc5ccccc5NC4=O)CC3)CC2)CC1. The Labute approximate surface area is 314 Å². The van der Waals surface area contributed by atoms with E-state index in [1.165, 1.54) is 9.80 Å². The lowest BCUT2D eigenvalue weighted by molar-refractivity contribution is -0.143. The Morgan fingerprint density at radius 3 is 1.93 bits per heavy atom. The van der Waals surface area contributed by atoms with Crippen LogP contribution < -0.4 is 5.32 Å². The topological polar surface area (TPSA) is 123 Å². The number of ether oxygens (including phenoxy) is 1. The normalized spacial score (nSPS) is 20.4. The molecule has 0 aliphatic carbocycles. The number of para-hydroxylation sites is 1. The number of carbonyl (C=O) groups is 4. The van der Waals surface area contributed by atoms with Crippen LogP contribution in [-0.2, 0) is 39.5 Å². The van der Waals surface area contributed by atoms with Crippen molar-refractivity contribution >= 4 is 29.7 Å². The van der Waals surface area contributed by atoms with Crippen molar-refractivity contribution in [2.45, 2.75) is 75.9 Å². The van der Waals surface area contributed by atoms with Crippen molar-refractivity contribution in [1.82, 2.24) is 19.6 Å². The number of carboxylic acids is 1. The summed E-state index contributed by atoms with van der Waals surface area (Å²) in [6.45, 7) is 2.54. The minimum absolute atomic E-state index is 0.0106. The molecule has 0 saturated carbocycles. The zero-order chi connectivity index (χ0) is 39.5. The highest BCUT2D eigenvalue weighted by Crippen LogP contribution is 2.37. The van der Waals surface area contributed by atoms with Gasteiger partial charge in [0.15, 0.2) is 6.10 Å². The molecule has 4 heterocycles. The molecule has 3 saturated heterocycles. The summed E-state index contributed by atoms with van der Waals surface area (Å²) < 4.78 is 88.1. The van der Waals surface area contributed by atoms with Crippen LogP contribution >= 0.6 is 0 Å². The number of likely N-dealkylation sites (tertiary alicyclic amines) is 3. The van der Waals surface area contributed by atoms with Crippen LogP contribution in [-0.4, -0.2) is 113 Å². The second-order valence-electron chi connectivity index (χ2n) is 14.9. The summed E-state index contributed by atoms with van der Waals surface area (Å²) in [4.78, 5) is 58.2. The molecule has 3 fully saturated rings. The van der Waals surface area contributed by atoms with Crippen LogP contribution in [0.15, 0.2) is 42.5 Å². The fraction of sp³-hybridized carbons (Fsp3) is 0.579. The molecule has 0 radical (unpaired) electrons. The van der Waals surface area contributed by atoms with E-state index < -0.39 is 59.5 Å². The number of piperidine rings is 3. The van der Waals surface area contributed by atoms with E-state index in [1.54, 1.807) is 4.90 Å². The van der Waals surface area contributed by atoms with Gasteiger partial charge in [-0.15, -0.1) is 0 Å². The van der Waals surface area contributed by atoms with Crippen LogP contribution in [0.2, 0.25) is 0 Å². The number of benzene rings is 2. The molecule has 0 aromatic heterocycles. The Morgan fingerprint density at radius 2 is 1.35 bits per heavy atom. The van der Waals surface area contributed by atoms with Crippen LogP contribution in [0, 0.1) is 11.8 Å². The molecule has 300 valence electrons. The van der Waals surface area contributed by atoms with Gasteiger partial charge in [-0.2, -0.15) is 26.3 Å². The van der Waals surface area contributed by atoms with Crippen molar-refractivity contribution in [2.24, 2.45) is 11.8 Å². The maximum absolute atomic E-state index is 14.0. The number of amides is 4. The molecule has 2 N–H and O–H groups in total. The largest absolute Gasteiger partial charge is 0.480 e. The minimum Gasteiger partial charge on any atom is -0.480 e. The summed E-state index contributed by atoms with van der Waals surface area (Å²) >= 11 is 0. The Morgan fingerprint density at radius 1 is 0.782 bits per heavy atom. The summed E-state index contributed by atoms with van der Waals surface area (Å²) in [5, 5.41) is 12.0. The molecule has 0 spiro atoms. The maximum Gasteiger partial charge on any atom is 0.416 e. The third kappa shape index (κ3) is 10.0. The average molecular weight is 782 g/mol. The van der Waals surface area contributed by atoms with Gasteiger partial charge >= 0.3 is 30.4 Å². The second kappa shape index (κ2) is 16.7. The number of nitrogens with one attached hydrogen (secondary N) is 1. The van der Waals surface area contributed by atoms with E-state index in [-0.39, 0.29) is 56.8 Å². The standard InChI is InChI=1S/C38H45F6N5O6/c39-37(40,41)28-19-24(20-29(22-28)38(42,43)44)21-32(34(52)47-14-7-26(8-15-47)25-5-12-46(13-6-25)23-33(50)51)55-36(54)48-16-10-30(11-17-48)49-18-9-27-3-1-2-4-31(27)45-35(49)53/h1-4,19-20,22,25-26,30,32H,5-18,21,23H2,(H,45,53)(H,50,51). The van der Waals surface area contributed by atoms with Crippen molar-refractivity contribution in [3.63, 3.8) is 0 Å². The van der Waals surface area contributed by atoms with E-state index in [9.17, 15) is 45.5 Å². The Hall–Kier alpha value is -4.54. The average Bonchev–Trinajstić information content (AvgIpc) is 3.31. The van der Waals surface area contributed by atoms with Gasteiger partial charge in [-0.05, 0) is 105 Å². The molecule has 4 aliphatic rings. The fourth-order valence-corrected chi connectivity index (χ4v) is 8.39. The maximum atomic E-state index is 14.0. The summed E-state index contributed by atoms with van der Waals surface area (Å²) in [5.41, 5.74) is -1.79. The van der Waals surface area contributed by atoms with Gasteiger partial charge in [0.05, 0.1) is 17.7 Å². The number of aliphatic carboxylic acids is 1. The number of alkyl halides is 6. The fourth-order valence-electron chi connectivity index (χ4n) is 8.39. The van der Waals surface area contributed by atoms with Crippen molar-refractivity contribution < 1.29 is 55.4 Å². The first-order valence-corrected chi connectivity index (χ1v) is 18.7. The van der Waals surface area contributed by atoms with Gasteiger partial charge < -0.3 is 29.9 Å². The molecule has 1 atom stereocenters. The quantitative estimate of drug-likeness (QED) is 0.299. The van der Waals surface area contributed by atoms with Gasteiger partial charge in [-0.25, -0.2) is 9.59 Å². The Kier molecular flexibility index (Phi) is 12.2. The molecule has 2 aromatic carbocycles. The molecular formula is C38H45F6N5O6. The number of hydrogen-bond donors (Lipinski definition) is 2. The molecule has 11 nitrogen and oxygen atoms in total. The number of rotatable bonds is 8. The lowest BCUT2D eigenvalue weighted by Gasteiger charge is -2.41. The lowest BCUT2D eigenvalue weighted by Crippen LogP contribution is -2.52. The first-order valence-electron chi connectivity index (χ1n) is 18.7. The van der Waals surface area contributed by atoms with Crippen molar-refractivity contribution in [3.05, 3.63) is 64.7 Å². The van der Waals surface area contributed by atoms with E-state index in [2.05, 4.69) is 5.32 Å². The summed E-state index contributed by atoms with van der Waals surface area (Å²) in [6, 6.07) is 8.13. The highest BCUT2D eigenvalue weighted by atomic mass is 19.4. The van der Waals surface area contributed by atoms with Crippen LogP contribution in [0.4, 0.5) is 41.6 Å². The molecule has 55 heavy (non-hydrogen) atoms. The van der Waals surface area contributed by atoms with Crippen LogP contribution in [0.25, 0.3) is 0 Å². The van der Waals surface area contributed by atoms with Gasteiger partial charge in [-0.1, -0.05) is 18.2 Å².